The van der Waals surface area contributed by atoms with Crippen LogP contribution in [0.4, 0.5) is 0 Å². The van der Waals surface area contributed by atoms with E-state index >= 15 is 0 Å². The highest BCUT2D eigenvalue weighted by Crippen LogP contribution is 2.37. The Hall–Kier alpha value is -1.52. The molecule has 1 N–H and O–H groups in total. The van der Waals surface area contributed by atoms with E-state index < -0.39 is 0 Å². The summed E-state index contributed by atoms with van der Waals surface area (Å²) in [5, 5.41) is 10.5. The van der Waals surface area contributed by atoms with Gasteiger partial charge in [-0.2, -0.15) is 0 Å². The Morgan fingerprint density at radius 3 is 2.83 bits per heavy atom. The predicted octanol–water partition coefficient (Wildman–Crippen LogP) is 5.28. The molecule has 1 aliphatic heterocycles. The highest BCUT2D eigenvalue weighted by atomic mass is 32.1. The van der Waals surface area contributed by atoms with Crippen molar-refractivity contribution in [2.75, 3.05) is 13.2 Å². The molecule has 0 radical (unpaired) electrons. The van der Waals surface area contributed by atoms with Crippen LogP contribution >= 0.6 is 11.3 Å². The summed E-state index contributed by atoms with van der Waals surface area (Å²) in [5.41, 5.74) is 0.959. The number of para-hydroxylation sites is 1. The first-order chi connectivity index (χ1) is 11.7. The number of ether oxygens (including phenoxy) is 1. The molecule has 4 heteroatoms. The molecule has 2 aromatic rings. The fourth-order valence-corrected chi connectivity index (χ4v) is 4.54. The third kappa shape index (κ3) is 3.93. The molecule has 0 spiro atoms. The maximum atomic E-state index is 10.5. The van der Waals surface area contributed by atoms with Gasteiger partial charge in [0.05, 0.1) is 6.61 Å². The third-order valence-electron chi connectivity index (χ3n) is 4.71. The second-order valence-electron chi connectivity index (χ2n) is 6.48. The van der Waals surface area contributed by atoms with Gasteiger partial charge in [0.15, 0.2) is 11.5 Å². The van der Waals surface area contributed by atoms with Crippen molar-refractivity contribution in [3.05, 3.63) is 45.6 Å². The first-order valence-corrected chi connectivity index (χ1v) is 9.74. The van der Waals surface area contributed by atoms with Crippen LogP contribution < -0.4 is 4.74 Å². The van der Waals surface area contributed by atoms with Crippen molar-refractivity contribution in [1.29, 1.82) is 0 Å². The smallest absolute Gasteiger partial charge is 0.162 e. The summed E-state index contributed by atoms with van der Waals surface area (Å²) in [6, 6.07) is 10.8. The van der Waals surface area contributed by atoms with Crippen molar-refractivity contribution >= 4 is 11.3 Å². The minimum atomic E-state index is 0.296. The molecule has 0 amide bonds. The van der Waals surface area contributed by atoms with Gasteiger partial charge in [-0.25, -0.2) is 0 Å². The van der Waals surface area contributed by atoms with Crippen molar-refractivity contribution in [2.45, 2.75) is 52.1 Å². The maximum Gasteiger partial charge on any atom is 0.162 e. The number of aryl methyl sites for hydroxylation is 1. The predicted molar refractivity (Wildman–Crippen MR) is 100.0 cm³/mol. The largest absolute Gasteiger partial charge is 0.504 e. The number of rotatable bonds is 5. The number of nitrogens with zero attached hydrogens (tertiary/aromatic N) is 1. The number of thiophene rings is 1. The van der Waals surface area contributed by atoms with E-state index in [9.17, 15) is 5.11 Å². The Kier molecular flexibility index (Phi) is 5.80. The Balaban J connectivity index is 1.84. The Labute approximate surface area is 148 Å². The molecule has 1 aromatic carbocycles. The van der Waals surface area contributed by atoms with Crippen LogP contribution in [-0.2, 0) is 6.54 Å². The summed E-state index contributed by atoms with van der Waals surface area (Å²) in [6.45, 7) is 6.54. The monoisotopic (exact) mass is 345 g/mol. The van der Waals surface area contributed by atoms with E-state index in [1.807, 2.05) is 36.5 Å². The summed E-state index contributed by atoms with van der Waals surface area (Å²) in [6.07, 6.45) is 5.00. The summed E-state index contributed by atoms with van der Waals surface area (Å²) < 4.78 is 5.54. The Morgan fingerprint density at radius 2 is 2.08 bits per heavy atom. The lowest BCUT2D eigenvalue weighted by Crippen LogP contribution is -2.27. The molecule has 1 aromatic heterocycles. The van der Waals surface area contributed by atoms with Crippen LogP contribution in [0.3, 0.4) is 0 Å². The van der Waals surface area contributed by atoms with Gasteiger partial charge in [-0.1, -0.05) is 25.0 Å². The van der Waals surface area contributed by atoms with Gasteiger partial charge >= 0.3 is 0 Å². The Bertz CT molecular complexity index is 667. The number of benzene rings is 1. The summed E-state index contributed by atoms with van der Waals surface area (Å²) in [5.74, 6) is 0.887. The zero-order chi connectivity index (χ0) is 16.9. The number of phenols is 1. The quantitative estimate of drug-likeness (QED) is 0.800. The van der Waals surface area contributed by atoms with Crippen LogP contribution in [0.15, 0.2) is 30.3 Å². The third-order valence-corrected chi connectivity index (χ3v) is 5.81. The fraction of sp³-hybridized carbons (Fsp3) is 0.500. The lowest BCUT2D eigenvalue weighted by molar-refractivity contribution is 0.192. The molecule has 130 valence electrons. The van der Waals surface area contributed by atoms with Gasteiger partial charge in [-0.05, 0) is 51.4 Å². The number of aromatic hydroxyl groups is 1. The van der Waals surface area contributed by atoms with Crippen LogP contribution in [0.1, 0.15) is 54.0 Å². The van der Waals surface area contributed by atoms with Crippen molar-refractivity contribution in [2.24, 2.45) is 0 Å². The molecule has 1 aliphatic rings. The summed E-state index contributed by atoms with van der Waals surface area (Å²) in [7, 11) is 0. The average Bonchev–Trinajstić information content (AvgIpc) is 2.86. The zero-order valence-electron chi connectivity index (χ0n) is 14.6. The summed E-state index contributed by atoms with van der Waals surface area (Å²) >= 11 is 1.90. The molecule has 3 rings (SSSR count). The highest BCUT2D eigenvalue weighted by Gasteiger charge is 2.25. The minimum absolute atomic E-state index is 0.296. The van der Waals surface area contributed by atoms with Gasteiger partial charge in [0.2, 0.25) is 0 Å². The van der Waals surface area contributed by atoms with Crippen molar-refractivity contribution in [3.63, 3.8) is 0 Å². The van der Waals surface area contributed by atoms with E-state index in [4.69, 9.17) is 4.74 Å². The number of hydrogen-bond acceptors (Lipinski definition) is 4. The molecule has 0 saturated carbocycles. The van der Waals surface area contributed by atoms with E-state index in [1.54, 1.807) is 0 Å². The van der Waals surface area contributed by atoms with Gasteiger partial charge in [-0.15, -0.1) is 11.3 Å². The van der Waals surface area contributed by atoms with E-state index in [1.165, 1.54) is 35.4 Å². The fourth-order valence-electron chi connectivity index (χ4n) is 3.50. The highest BCUT2D eigenvalue weighted by molar-refractivity contribution is 7.12. The van der Waals surface area contributed by atoms with Gasteiger partial charge in [0, 0.05) is 27.9 Å². The van der Waals surface area contributed by atoms with E-state index in [0.29, 0.717) is 24.1 Å². The molecule has 3 nitrogen and oxygen atoms in total. The lowest BCUT2D eigenvalue weighted by Gasteiger charge is -2.29. The van der Waals surface area contributed by atoms with Crippen molar-refractivity contribution < 1.29 is 9.84 Å². The number of likely N-dealkylation sites (tertiary alicyclic amines) is 1. The molecule has 24 heavy (non-hydrogen) atoms. The van der Waals surface area contributed by atoms with Crippen molar-refractivity contribution in [3.8, 4) is 11.5 Å². The first-order valence-electron chi connectivity index (χ1n) is 8.93. The molecule has 1 saturated heterocycles. The van der Waals surface area contributed by atoms with E-state index in [2.05, 4.69) is 24.0 Å². The van der Waals surface area contributed by atoms with Crippen molar-refractivity contribution in [1.82, 2.24) is 4.90 Å². The van der Waals surface area contributed by atoms with Gasteiger partial charge < -0.3 is 9.84 Å². The second kappa shape index (κ2) is 8.04. The molecule has 0 aliphatic carbocycles. The van der Waals surface area contributed by atoms with E-state index in [0.717, 1.165) is 18.7 Å². The molecule has 0 unspecified atom stereocenters. The molecule has 1 fully saturated rings. The molecular weight excluding hydrogens is 318 g/mol. The Morgan fingerprint density at radius 1 is 1.21 bits per heavy atom. The van der Waals surface area contributed by atoms with Gasteiger partial charge in [0.1, 0.15) is 0 Å². The number of hydrogen-bond donors (Lipinski definition) is 1. The zero-order valence-corrected chi connectivity index (χ0v) is 15.4. The standard InChI is InChI=1S/C20H27NO2S/c1-3-23-18-10-7-8-16(20(18)22)14-21-13-6-4-5-9-17(21)19-12-11-15(2)24-19/h7-8,10-12,17,22H,3-6,9,13-14H2,1-2H3/t17-/m0/s1. The number of phenolic OH excluding ortho intramolecular Hbond substituents is 1. The molecular formula is C20H27NO2S. The van der Waals surface area contributed by atoms with Crippen LogP contribution in [0, 0.1) is 6.92 Å². The lowest BCUT2D eigenvalue weighted by atomic mass is 10.1. The second-order valence-corrected chi connectivity index (χ2v) is 7.80. The topological polar surface area (TPSA) is 32.7 Å². The maximum absolute atomic E-state index is 10.5. The SMILES string of the molecule is CCOc1cccc(CN2CCCCC[C@H]2c2ccc(C)s2)c1O. The molecule has 2 heterocycles. The van der Waals surface area contributed by atoms with Crippen LogP contribution in [0.5, 0.6) is 11.5 Å². The molecule has 1 atom stereocenters. The normalized spacial score (nSPS) is 19.2. The average molecular weight is 346 g/mol. The van der Waals surface area contributed by atoms with Gasteiger partial charge in [-0.3, -0.25) is 4.90 Å². The van der Waals surface area contributed by atoms with Crippen LogP contribution in [0.2, 0.25) is 0 Å². The summed E-state index contributed by atoms with van der Waals surface area (Å²) in [4.78, 5) is 5.36. The van der Waals surface area contributed by atoms with Crippen LogP contribution in [-0.4, -0.2) is 23.2 Å². The first kappa shape index (κ1) is 17.3. The van der Waals surface area contributed by atoms with E-state index in [-0.39, 0.29) is 0 Å². The molecule has 0 bridgehead atoms. The van der Waals surface area contributed by atoms with Crippen LogP contribution in [0.25, 0.3) is 0 Å². The van der Waals surface area contributed by atoms with Gasteiger partial charge in [0.25, 0.3) is 0 Å². The minimum Gasteiger partial charge on any atom is -0.504 e.